The molecule has 0 heterocycles. The van der Waals surface area contributed by atoms with E-state index in [9.17, 15) is 9.59 Å². The number of carbonyl (C=O) groups is 2. The number of allylic oxidation sites excluding steroid dienone is 1. The number of ether oxygens (including phenoxy) is 1. The summed E-state index contributed by atoms with van der Waals surface area (Å²) in [5.74, 6) is -1.10. The Hall–Kier alpha value is -1.58. The molecule has 0 spiro atoms. The maximum absolute atomic E-state index is 11.4. The molecule has 4 heteroatoms. The predicted molar refractivity (Wildman–Crippen MR) is 132 cm³/mol. The zero-order valence-electron chi connectivity index (χ0n) is 21.0. The molecule has 0 atom stereocenters. The highest BCUT2D eigenvalue weighted by Gasteiger charge is 2.03. The average molecular weight is 439 g/mol. The molecule has 0 amide bonds. The van der Waals surface area contributed by atoms with E-state index in [2.05, 4.69) is 13.5 Å². The molecule has 182 valence electrons. The second kappa shape index (κ2) is 24.7. The molecule has 0 aromatic rings. The van der Waals surface area contributed by atoms with E-state index < -0.39 is 5.97 Å². The topological polar surface area (TPSA) is 63.6 Å². The largest absolute Gasteiger partial charge is 0.478 e. The number of carboxylic acid groups (broad SMARTS) is 1. The zero-order valence-corrected chi connectivity index (χ0v) is 21.0. The van der Waals surface area contributed by atoms with Crippen LogP contribution in [-0.4, -0.2) is 23.7 Å². The van der Waals surface area contributed by atoms with Gasteiger partial charge in [-0.1, -0.05) is 116 Å². The van der Waals surface area contributed by atoms with Gasteiger partial charge in [-0.05, 0) is 27.2 Å². The van der Waals surface area contributed by atoms with E-state index in [4.69, 9.17) is 9.84 Å². The Morgan fingerprint density at radius 2 is 1.06 bits per heavy atom. The molecule has 0 rings (SSSR count). The van der Waals surface area contributed by atoms with Gasteiger partial charge in [0.1, 0.15) is 0 Å². The molecule has 0 saturated carbocycles. The first-order chi connectivity index (χ1) is 14.9. The molecule has 0 fully saturated rings. The van der Waals surface area contributed by atoms with Crippen molar-refractivity contribution in [3.8, 4) is 0 Å². The molecule has 31 heavy (non-hydrogen) atoms. The number of unbranched alkanes of at least 4 members (excludes halogenated alkanes) is 15. The lowest BCUT2D eigenvalue weighted by molar-refractivity contribution is -0.139. The third kappa shape index (κ3) is 26.4. The van der Waals surface area contributed by atoms with Crippen LogP contribution in [0.25, 0.3) is 0 Å². The smallest absolute Gasteiger partial charge is 0.333 e. The highest BCUT2D eigenvalue weighted by molar-refractivity contribution is 5.87. The van der Waals surface area contributed by atoms with E-state index in [-0.39, 0.29) is 11.5 Å². The van der Waals surface area contributed by atoms with Gasteiger partial charge in [0.25, 0.3) is 0 Å². The predicted octanol–water partition coefficient (Wildman–Crippen LogP) is 8.40. The number of hydrogen-bond acceptors (Lipinski definition) is 3. The van der Waals surface area contributed by atoms with Crippen molar-refractivity contribution >= 4 is 11.9 Å². The SMILES string of the molecule is C=C(C)C(=O)O.CC=C(C)C(=O)OCCCCCCCCCCCCCCCCCC. The molecule has 0 aliphatic rings. The molecule has 0 aliphatic heterocycles. The van der Waals surface area contributed by atoms with Crippen LogP contribution in [0, 0.1) is 0 Å². The van der Waals surface area contributed by atoms with Gasteiger partial charge in [0.15, 0.2) is 0 Å². The summed E-state index contributed by atoms with van der Waals surface area (Å²) >= 11 is 0. The summed E-state index contributed by atoms with van der Waals surface area (Å²) < 4.78 is 5.21. The summed E-state index contributed by atoms with van der Waals surface area (Å²) in [4.78, 5) is 21.0. The van der Waals surface area contributed by atoms with E-state index >= 15 is 0 Å². The van der Waals surface area contributed by atoms with E-state index in [1.54, 1.807) is 13.0 Å². The maximum Gasteiger partial charge on any atom is 0.333 e. The first-order valence-corrected chi connectivity index (χ1v) is 12.6. The summed E-state index contributed by atoms with van der Waals surface area (Å²) in [5.41, 5.74) is 0.881. The molecule has 0 unspecified atom stereocenters. The van der Waals surface area contributed by atoms with E-state index in [0.717, 1.165) is 6.42 Å². The molecule has 0 radical (unpaired) electrons. The van der Waals surface area contributed by atoms with Crippen LogP contribution in [0.5, 0.6) is 0 Å². The lowest BCUT2D eigenvalue weighted by Gasteiger charge is -2.05. The van der Waals surface area contributed by atoms with Gasteiger partial charge in [-0.2, -0.15) is 0 Å². The second-order valence-electron chi connectivity index (χ2n) is 8.50. The van der Waals surface area contributed by atoms with Crippen LogP contribution in [0.1, 0.15) is 130 Å². The van der Waals surface area contributed by atoms with Crippen LogP contribution in [0.4, 0.5) is 0 Å². The number of hydrogen-bond donors (Lipinski definition) is 1. The number of carbonyl (C=O) groups excluding carboxylic acids is 1. The van der Waals surface area contributed by atoms with Crippen molar-refractivity contribution in [1.29, 1.82) is 0 Å². The van der Waals surface area contributed by atoms with Crippen molar-refractivity contribution in [2.45, 2.75) is 130 Å². The minimum absolute atomic E-state index is 0.163. The van der Waals surface area contributed by atoms with Crippen LogP contribution in [0.15, 0.2) is 23.8 Å². The molecule has 0 bridgehead atoms. The Bertz CT molecular complexity index is 468. The standard InChI is InChI=1S/C23H44O2.C4H6O2/c1-4-6-7-8-9-10-11-12-13-14-15-16-17-18-19-20-21-25-23(24)22(3)5-2;1-3(2)4(5)6/h5H,4,6-21H2,1-3H3;1H2,2H3,(H,5,6). The number of rotatable bonds is 19. The van der Waals surface area contributed by atoms with Gasteiger partial charge in [0.2, 0.25) is 0 Å². The first-order valence-electron chi connectivity index (χ1n) is 12.6. The van der Waals surface area contributed by atoms with Crippen molar-refractivity contribution in [2.75, 3.05) is 6.61 Å². The average Bonchev–Trinajstić information content (AvgIpc) is 2.75. The van der Waals surface area contributed by atoms with Crippen LogP contribution < -0.4 is 0 Å². The molecule has 0 saturated heterocycles. The summed E-state index contributed by atoms with van der Waals surface area (Å²) in [7, 11) is 0. The van der Waals surface area contributed by atoms with Crippen molar-refractivity contribution in [2.24, 2.45) is 0 Å². The summed E-state index contributed by atoms with van der Waals surface area (Å²) in [6.07, 6.45) is 23.6. The molecular weight excluding hydrogens is 388 g/mol. The molecule has 0 aliphatic carbocycles. The molecule has 0 aromatic heterocycles. The summed E-state index contributed by atoms with van der Waals surface area (Å²) in [5, 5.41) is 7.89. The zero-order chi connectivity index (χ0) is 23.7. The lowest BCUT2D eigenvalue weighted by Crippen LogP contribution is -2.06. The third-order valence-electron chi connectivity index (χ3n) is 5.35. The second-order valence-corrected chi connectivity index (χ2v) is 8.50. The van der Waals surface area contributed by atoms with Crippen molar-refractivity contribution in [1.82, 2.24) is 0 Å². The fourth-order valence-electron chi connectivity index (χ4n) is 3.05. The van der Waals surface area contributed by atoms with Crippen LogP contribution in [0.2, 0.25) is 0 Å². The van der Waals surface area contributed by atoms with Gasteiger partial charge in [-0.15, -0.1) is 0 Å². The normalized spacial score (nSPS) is 10.9. The Kier molecular flexibility index (Phi) is 25.2. The van der Waals surface area contributed by atoms with E-state index in [0.29, 0.717) is 12.2 Å². The van der Waals surface area contributed by atoms with E-state index in [1.807, 2.05) is 6.92 Å². The first kappa shape index (κ1) is 31.6. The molecule has 0 aromatic carbocycles. The highest BCUT2D eigenvalue weighted by Crippen LogP contribution is 2.13. The lowest BCUT2D eigenvalue weighted by atomic mass is 10.0. The monoisotopic (exact) mass is 438 g/mol. The van der Waals surface area contributed by atoms with Gasteiger partial charge in [0.05, 0.1) is 6.61 Å². The third-order valence-corrected chi connectivity index (χ3v) is 5.35. The number of aliphatic carboxylic acids is 1. The highest BCUT2D eigenvalue weighted by atomic mass is 16.5. The quantitative estimate of drug-likeness (QED) is 0.125. The Labute approximate surface area is 192 Å². The summed E-state index contributed by atoms with van der Waals surface area (Å²) in [6.45, 7) is 11.1. The van der Waals surface area contributed by atoms with Gasteiger partial charge < -0.3 is 9.84 Å². The van der Waals surface area contributed by atoms with Gasteiger partial charge >= 0.3 is 11.9 Å². The fraction of sp³-hybridized carbons (Fsp3) is 0.778. The van der Waals surface area contributed by atoms with Crippen molar-refractivity contribution < 1.29 is 19.4 Å². The Balaban J connectivity index is 0. The minimum atomic E-state index is -0.935. The number of carboxylic acids is 1. The van der Waals surface area contributed by atoms with Crippen molar-refractivity contribution in [3.63, 3.8) is 0 Å². The minimum Gasteiger partial charge on any atom is -0.478 e. The molecule has 4 nitrogen and oxygen atoms in total. The van der Waals surface area contributed by atoms with Crippen LogP contribution in [0.3, 0.4) is 0 Å². The number of esters is 1. The summed E-state index contributed by atoms with van der Waals surface area (Å²) in [6, 6.07) is 0. The van der Waals surface area contributed by atoms with Crippen molar-refractivity contribution in [3.05, 3.63) is 23.8 Å². The van der Waals surface area contributed by atoms with Gasteiger partial charge in [-0.3, -0.25) is 0 Å². The van der Waals surface area contributed by atoms with E-state index in [1.165, 1.54) is 103 Å². The molecule has 1 N–H and O–H groups in total. The fourth-order valence-corrected chi connectivity index (χ4v) is 3.05. The maximum atomic E-state index is 11.4. The van der Waals surface area contributed by atoms with Crippen LogP contribution in [-0.2, 0) is 14.3 Å². The Morgan fingerprint density at radius 1 is 0.742 bits per heavy atom. The van der Waals surface area contributed by atoms with Crippen LogP contribution >= 0.6 is 0 Å². The molecular formula is C27H50O4. The van der Waals surface area contributed by atoms with Gasteiger partial charge in [0, 0.05) is 11.1 Å². The van der Waals surface area contributed by atoms with Gasteiger partial charge in [-0.25, -0.2) is 9.59 Å². The Morgan fingerprint density at radius 3 is 1.35 bits per heavy atom.